The number of halogens is 1. The van der Waals surface area contributed by atoms with E-state index in [0.717, 1.165) is 11.8 Å². The van der Waals surface area contributed by atoms with E-state index in [4.69, 9.17) is 10.7 Å². The van der Waals surface area contributed by atoms with Gasteiger partial charge in [-0.2, -0.15) is 0 Å². The summed E-state index contributed by atoms with van der Waals surface area (Å²) in [5, 5.41) is 13.7. The predicted octanol–water partition coefficient (Wildman–Crippen LogP) is 2.14. The highest BCUT2D eigenvalue weighted by molar-refractivity contribution is 8.14. The number of fused-ring (bicyclic) bond motifs is 1. The van der Waals surface area contributed by atoms with Crippen LogP contribution in [0.4, 0.5) is 11.4 Å². The van der Waals surface area contributed by atoms with Gasteiger partial charge in [-0.25, -0.2) is 8.42 Å². The van der Waals surface area contributed by atoms with Crippen LogP contribution in [-0.2, 0) is 20.3 Å². The van der Waals surface area contributed by atoms with Crippen molar-refractivity contribution >= 4 is 48.8 Å². The smallest absolute Gasteiger partial charge is 0.283 e. The Morgan fingerprint density at radius 3 is 2.71 bits per heavy atom. The molecule has 1 aromatic carbocycles. The third-order valence-corrected chi connectivity index (χ3v) is 5.32. The van der Waals surface area contributed by atoms with E-state index >= 15 is 0 Å². The molecule has 0 bridgehead atoms. The highest BCUT2D eigenvalue weighted by Crippen LogP contribution is 2.36. The van der Waals surface area contributed by atoms with Crippen LogP contribution < -0.4 is 5.32 Å². The third kappa shape index (κ3) is 4.32. The number of thioether (sulfide) groups is 1. The van der Waals surface area contributed by atoms with Crippen LogP contribution in [0.1, 0.15) is 12.0 Å². The maximum Gasteiger partial charge on any atom is 0.283 e. The minimum Gasteiger partial charge on any atom is -0.326 e. The van der Waals surface area contributed by atoms with Crippen LogP contribution in [0.25, 0.3) is 0 Å². The number of aryl methyl sites for hydroxylation is 1. The van der Waals surface area contributed by atoms with Crippen molar-refractivity contribution < 1.29 is 18.1 Å². The van der Waals surface area contributed by atoms with Crippen molar-refractivity contribution in [2.45, 2.75) is 17.7 Å². The fourth-order valence-electron chi connectivity index (χ4n) is 1.91. The minimum absolute atomic E-state index is 0.0955. The predicted molar refractivity (Wildman–Crippen MR) is 80.4 cm³/mol. The number of hydrogen-bond donors (Lipinski definition) is 1. The number of carbonyl (C=O) groups excluding carboxylic acids is 1. The average molecular weight is 351 g/mol. The molecule has 0 aliphatic carbocycles. The molecule has 0 spiro atoms. The fourth-order valence-corrected chi connectivity index (χ4v) is 4.30. The van der Waals surface area contributed by atoms with Crippen LogP contribution in [0.3, 0.4) is 0 Å². The number of nitro benzene ring substituents is 1. The van der Waals surface area contributed by atoms with E-state index in [1.807, 2.05) is 0 Å². The van der Waals surface area contributed by atoms with Gasteiger partial charge < -0.3 is 5.32 Å². The molecule has 0 unspecified atom stereocenters. The van der Waals surface area contributed by atoms with Gasteiger partial charge in [-0.1, -0.05) is 0 Å². The van der Waals surface area contributed by atoms with Gasteiger partial charge >= 0.3 is 0 Å². The summed E-state index contributed by atoms with van der Waals surface area (Å²) < 4.78 is 21.8. The van der Waals surface area contributed by atoms with Crippen molar-refractivity contribution in [1.82, 2.24) is 0 Å². The number of rotatable bonds is 5. The first kappa shape index (κ1) is 16.1. The fraction of sp³-hybridized carbons (Fsp3) is 0.364. The van der Waals surface area contributed by atoms with E-state index in [-0.39, 0.29) is 23.1 Å². The molecule has 0 aromatic heterocycles. The monoisotopic (exact) mass is 350 g/mol. The van der Waals surface area contributed by atoms with Gasteiger partial charge in [-0.15, -0.1) is 11.8 Å². The Morgan fingerprint density at radius 1 is 1.38 bits per heavy atom. The molecule has 1 heterocycles. The molecule has 0 saturated heterocycles. The largest absolute Gasteiger partial charge is 0.326 e. The molecule has 0 saturated carbocycles. The maximum atomic E-state index is 11.4. The van der Waals surface area contributed by atoms with Crippen molar-refractivity contribution in [3.05, 3.63) is 27.8 Å². The van der Waals surface area contributed by atoms with E-state index in [1.54, 1.807) is 0 Å². The molecule has 1 amide bonds. The van der Waals surface area contributed by atoms with Gasteiger partial charge in [-0.3, -0.25) is 14.9 Å². The normalized spacial score (nSPS) is 14.4. The van der Waals surface area contributed by atoms with Crippen molar-refractivity contribution in [2.75, 3.05) is 16.8 Å². The summed E-state index contributed by atoms with van der Waals surface area (Å²) in [4.78, 5) is 22.2. The molecule has 1 aliphatic heterocycles. The number of nitro groups is 1. The Balaban J connectivity index is 2.28. The summed E-state index contributed by atoms with van der Waals surface area (Å²) in [6.45, 7) is 0. The highest BCUT2D eigenvalue weighted by atomic mass is 35.7. The van der Waals surface area contributed by atoms with E-state index in [1.165, 1.54) is 12.1 Å². The van der Waals surface area contributed by atoms with Gasteiger partial charge in [0.25, 0.3) is 5.69 Å². The zero-order chi connectivity index (χ0) is 15.6. The third-order valence-electron chi connectivity index (χ3n) is 2.86. The Kier molecular flexibility index (Phi) is 4.74. The quantitative estimate of drug-likeness (QED) is 0.377. The molecule has 1 aliphatic rings. The van der Waals surface area contributed by atoms with Crippen molar-refractivity contribution in [1.29, 1.82) is 0 Å². The number of nitrogens with zero attached hydrogens (tertiary/aromatic N) is 1. The maximum absolute atomic E-state index is 11.4. The standard InChI is InChI=1S/C11H11ClN2O5S2/c12-21(18,19)4-3-20-10-6-8-7(1-2-11(15)13-8)5-9(10)14(16)17/h5-6H,1-4H2,(H,13,15). The minimum atomic E-state index is -3.64. The summed E-state index contributed by atoms with van der Waals surface area (Å²) in [5.74, 6) is -0.338. The molecule has 0 radical (unpaired) electrons. The van der Waals surface area contributed by atoms with Gasteiger partial charge in [0.1, 0.15) is 0 Å². The molecule has 7 nitrogen and oxygen atoms in total. The number of carbonyl (C=O) groups is 1. The molecule has 1 N–H and O–H groups in total. The van der Waals surface area contributed by atoms with Gasteiger partial charge in [0, 0.05) is 34.6 Å². The van der Waals surface area contributed by atoms with Crippen LogP contribution in [0.15, 0.2) is 17.0 Å². The second-order valence-electron chi connectivity index (χ2n) is 4.37. The van der Waals surface area contributed by atoms with E-state index in [2.05, 4.69) is 5.32 Å². The van der Waals surface area contributed by atoms with Gasteiger partial charge in [-0.05, 0) is 18.1 Å². The second-order valence-corrected chi connectivity index (χ2v) is 8.41. The van der Waals surface area contributed by atoms with Gasteiger partial charge in [0.15, 0.2) is 0 Å². The van der Waals surface area contributed by atoms with Crippen LogP contribution in [0.2, 0.25) is 0 Å². The van der Waals surface area contributed by atoms with Crippen LogP contribution in [0, 0.1) is 10.1 Å². The lowest BCUT2D eigenvalue weighted by atomic mass is 10.0. The molecular weight excluding hydrogens is 340 g/mol. The van der Waals surface area contributed by atoms with Crippen LogP contribution in [0.5, 0.6) is 0 Å². The number of hydrogen-bond acceptors (Lipinski definition) is 6. The Morgan fingerprint density at radius 2 is 2.10 bits per heavy atom. The zero-order valence-corrected chi connectivity index (χ0v) is 13.1. The second kappa shape index (κ2) is 6.20. The number of anilines is 1. The summed E-state index contributed by atoms with van der Waals surface area (Å²) in [6.07, 6.45) is 0.740. The summed E-state index contributed by atoms with van der Waals surface area (Å²) >= 11 is 1.02. The number of nitrogens with one attached hydrogen (secondary N) is 1. The van der Waals surface area contributed by atoms with E-state index in [9.17, 15) is 23.3 Å². The van der Waals surface area contributed by atoms with Gasteiger partial charge in [0.2, 0.25) is 15.0 Å². The van der Waals surface area contributed by atoms with Gasteiger partial charge in [0.05, 0.1) is 15.6 Å². The first-order valence-corrected chi connectivity index (χ1v) is 9.39. The first-order chi connectivity index (χ1) is 9.76. The average Bonchev–Trinajstić information content (AvgIpc) is 2.36. The Labute approximate surface area is 129 Å². The van der Waals surface area contributed by atoms with Crippen molar-refractivity contribution in [3.8, 4) is 0 Å². The lowest BCUT2D eigenvalue weighted by Crippen LogP contribution is -2.19. The molecule has 0 atom stereocenters. The molecule has 114 valence electrons. The number of amides is 1. The molecular formula is C11H11ClN2O5S2. The Bertz CT molecular complexity index is 705. The summed E-state index contributed by atoms with van der Waals surface area (Å²) in [5.41, 5.74) is 1.14. The zero-order valence-electron chi connectivity index (χ0n) is 10.7. The van der Waals surface area contributed by atoms with Crippen molar-refractivity contribution in [3.63, 3.8) is 0 Å². The topological polar surface area (TPSA) is 106 Å². The molecule has 2 rings (SSSR count). The first-order valence-electron chi connectivity index (χ1n) is 5.92. The molecule has 1 aromatic rings. The summed E-state index contributed by atoms with van der Waals surface area (Å²) in [6, 6.07) is 2.93. The molecule has 0 fully saturated rings. The van der Waals surface area contributed by atoms with Crippen LogP contribution >= 0.6 is 22.4 Å². The summed E-state index contributed by atoms with van der Waals surface area (Å²) in [7, 11) is 1.46. The number of benzene rings is 1. The van der Waals surface area contributed by atoms with Crippen LogP contribution in [-0.4, -0.2) is 30.8 Å². The lowest BCUT2D eigenvalue weighted by Gasteiger charge is -2.17. The highest BCUT2D eigenvalue weighted by Gasteiger charge is 2.23. The van der Waals surface area contributed by atoms with E-state index in [0.29, 0.717) is 29.0 Å². The molecule has 10 heteroatoms. The molecule has 21 heavy (non-hydrogen) atoms. The Hall–Kier alpha value is -1.32. The lowest BCUT2D eigenvalue weighted by molar-refractivity contribution is -0.387. The van der Waals surface area contributed by atoms with E-state index < -0.39 is 14.0 Å². The van der Waals surface area contributed by atoms with Crippen molar-refractivity contribution in [2.24, 2.45) is 0 Å². The SMILES string of the molecule is O=C1CCc2cc([N+](=O)[O-])c(SCCS(=O)(=O)Cl)cc2N1.